The molecule has 1 aromatic rings. The van der Waals surface area contributed by atoms with Gasteiger partial charge in [-0.15, -0.1) is 11.3 Å². The smallest absolute Gasteiger partial charge is 0.222 e. The molecular formula is C16H29N3OS. The molecular weight excluding hydrogens is 282 g/mol. The van der Waals surface area contributed by atoms with Crippen molar-refractivity contribution < 1.29 is 4.79 Å². The lowest BCUT2D eigenvalue weighted by atomic mass is 9.76. The number of aryl methyl sites for hydroxylation is 1. The summed E-state index contributed by atoms with van der Waals surface area (Å²) in [5.74, 6) is 0.692. The first-order valence-electron chi connectivity index (χ1n) is 7.59. The van der Waals surface area contributed by atoms with Crippen molar-refractivity contribution >= 4 is 17.2 Å². The molecule has 0 aromatic carbocycles. The molecule has 0 bridgehead atoms. The predicted molar refractivity (Wildman–Crippen MR) is 89.2 cm³/mol. The van der Waals surface area contributed by atoms with Crippen LogP contribution in [0.1, 0.15) is 49.9 Å². The van der Waals surface area contributed by atoms with Gasteiger partial charge in [-0.2, -0.15) is 0 Å². The zero-order valence-electron chi connectivity index (χ0n) is 14.0. The highest BCUT2D eigenvalue weighted by molar-refractivity contribution is 7.11. The molecule has 0 aliphatic heterocycles. The number of nitrogens with zero attached hydrogens (tertiary/aromatic N) is 2. The first kappa shape index (κ1) is 18.1. The summed E-state index contributed by atoms with van der Waals surface area (Å²) in [6, 6.07) is 0. The van der Waals surface area contributed by atoms with Gasteiger partial charge in [0.05, 0.1) is 11.6 Å². The van der Waals surface area contributed by atoms with Crippen molar-refractivity contribution in [2.75, 3.05) is 13.6 Å². The molecule has 1 amide bonds. The number of hydrogen-bond donors (Lipinski definition) is 1. The number of rotatable bonds is 7. The molecule has 0 spiro atoms. The summed E-state index contributed by atoms with van der Waals surface area (Å²) < 4.78 is 0. The Bertz CT molecular complexity index is 451. The summed E-state index contributed by atoms with van der Waals surface area (Å²) in [6.45, 7) is 10.00. The molecule has 1 unspecified atom stereocenters. The minimum Gasteiger partial charge on any atom is -0.341 e. The maximum Gasteiger partial charge on any atom is 0.222 e. The third-order valence-electron chi connectivity index (χ3n) is 3.93. The molecule has 0 saturated heterocycles. The maximum atomic E-state index is 12.3. The molecule has 1 atom stereocenters. The van der Waals surface area contributed by atoms with Crippen molar-refractivity contribution in [3.05, 3.63) is 16.1 Å². The molecule has 1 aromatic heterocycles. The average Bonchev–Trinajstić information content (AvgIpc) is 2.78. The minimum atomic E-state index is 0.201. The van der Waals surface area contributed by atoms with E-state index in [1.807, 2.05) is 20.2 Å². The molecule has 0 aliphatic rings. The lowest BCUT2D eigenvalue weighted by molar-refractivity contribution is -0.130. The van der Waals surface area contributed by atoms with E-state index in [0.29, 0.717) is 25.4 Å². The molecule has 0 saturated carbocycles. The Hall–Kier alpha value is -0.940. The third kappa shape index (κ3) is 6.14. The van der Waals surface area contributed by atoms with Gasteiger partial charge in [-0.3, -0.25) is 4.79 Å². The topological polar surface area (TPSA) is 59.2 Å². The number of carbonyl (C=O) groups excluding carboxylic acids is 1. The van der Waals surface area contributed by atoms with Crippen LogP contribution < -0.4 is 5.73 Å². The van der Waals surface area contributed by atoms with Crippen molar-refractivity contribution in [1.82, 2.24) is 9.88 Å². The van der Waals surface area contributed by atoms with Gasteiger partial charge in [0.15, 0.2) is 0 Å². The van der Waals surface area contributed by atoms with E-state index >= 15 is 0 Å². The fourth-order valence-electron chi connectivity index (χ4n) is 2.50. The quantitative estimate of drug-likeness (QED) is 0.841. The molecule has 0 aliphatic carbocycles. The van der Waals surface area contributed by atoms with Gasteiger partial charge in [0.2, 0.25) is 5.91 Å². The van der Waals surface area contributed by atoms with Crippen LogP contribution in [-0.2, 0) is 11.3 Å². The van der Waals surface area contributed by atoms with Gasteiger partial charge in [0, 0.05) is 24.5 Å². The summed E-state index contributed by atoms with van der Waals surface area (Å²) in [6.07, 6.45) is 4.34. The highest BCUT2D eigenvalue weighted by atomic mass is 32.1. The number of amides is 1. The van der Waals surface area contributed by atoms with Crippen molar-refractivity contribution in [3.63, 3.8) is 0 Å². The molecule has 5 heteroatoms. The Morgan fingerprint density at radius 1 is 1.43 bits per heavy atom. The van der Waals surface area contributed by atoms with Crippen LogP contribution in [0.15, 0.2) is 6.20 Å². The number of carbonyl (C=O) groups is 1. The molecule has 0 fully saturated rings. The average molecular weight is 311 g/mol. The molecule has 21 heavy (non-hydrogen) atoms. The van der Waals surface area contributed by atoms with Crippen molar-refractivity contribution in [2.45, 2.75) is 53.5 Å². The second kappa shape index (κ2) is 7.90. The molecule has 1 heterocycles. The lowest BCUT2D eigenvalue weighted by Gasteiger charge is -2.31. The second-order valence-corrected chi connectivity index (χ2v) is 8.09. The van der Waals surface area contributed by atoms with E-state index in [2.05, 4.69) is 25.8 Å². The first-order chi connectivity index (χ1) is 9.74. The lowest BCUT2D eigenvalue weighted by Crippen LogP contribution is -2.29. The van der Waals surface area contributed by atoms with E-state index in [1.165, 1.54) is 0 Å². The summed E-state index contributed by atoms with van der Waals surface area (Å²) >= 11 is 1.65. The Morgan fingerprint density at radius 2 is 2.10 bits per heavy atom. The van der Waals surface area contributed by atoms with E-state index in [4.69, 9.17) is 5.73 Å². The van der Waals surface area contributed by atoms with Crippen LogP contribution in [0.5, 0.6) is 0 Å². The molecule has 4 nitrogen and oxygen atoms in total. The van der Waals surface area contributed by atoms with Crippen LogP contribution in [0.2, 0.25) is 0 Å². The Balaban J connectivity index is 2.48. The van der Waals surface area contributed by atoms with Crippen LogP contribution >= 0.6 is 11.3 Å². The Kier molecular flexibility index (Phi) is 6.81. The predicted octanol–water partition coefficient (Wildman–Crippen LogP) is 3.20. The summed E-state index contributed by atoms with van der Waals surface area (Å²) in [4.78, 5) is 19.4. The molecule has 2 N–H and O–H groups in total. The van der Waals surface area contributed by atoms with E-state index < -0.39 is 0 Å². The highest BCUT2D eigenvalue weighted by Gasteiger charge is 2.25. The maximum absolute atomic E-state index is 12.3. The first-order valence-corrected chi connectivity index (χ1v) is 8.41. The van der Waals surface area contributed by atoms with Crippen LogP contribution in [0.25, 0.3) is 0 Å². The standard InChI is InChI=1S/C16H29N3OS/c1-12-18-10-14(21-12)11-19(5)15(20)7-6-13(8-9-17)16(2,3)4/h10,13H,6-9,11,17H2,1-5H3. The van der Waals surface area contributed by atoms with Gasteiger partial charge in [-0.05, 0) is 37.6 Å². The van der Waals surface area contributed by atoms with Crippen molar-refractivity contribution in [1.29, 1.82) is 0 Å². The zero-order valence-corrected chi connectivity index (χ0v) is 14.8. The van der Waals surface area contributed by atoms with Crippen LogP contribution in [0.3, 0.4) is 0 Å². The zero-order chi connectivity index (χ0) is 16.0. The van der Waals surface area contributed by atoms with E-state index in [1.54, 1.807) is 16.2 Å². The molecule has 0 radical (unpaired) electrons. The monoisotopic (exact) mass is 311 g/mol. The van der Waals surface area contributed by atoms with Gasteiger partial charge in [-0.25, -0.2) is 4.98 Å². The Labute approximate surface area is 132 Å². The van der Waals surface area contributed by atoms with Crippen molar-refractivity contribution in [3.8, 4) is 0 Å². The number of thiazole rings is 1. The number of aromatic nitrogens is 1. The number of nitrogens with two attached hydrogens (primary N) is 1. The van der Waals surface area contributed by atoms with E-state index in [0.717, 1.165) is 22.7 Å². The van der Waals surface area contributed by atoms with Crippen LogP contribution in [0.4, 0.5) is 0 Å². The van der Waals surface area contributed by atoms with Crippen LogP contribution in [-0.4, -0.2) is 29.4 Å². The minimum absolute atomic E-state index is 0.201. The van der Waals surface area contributed by atoms with Gasteiger partial charge in [0.1, 0.15) is 0 Å². The van der Waals surface area contributed by atoms with E-state index in [-0.39, 0.29) is 11.3 Å². The third-order valence-corrected chi connectivity index (χ3v) is 4.83. The van der Waals surface area contributed by atoms with Gasteiger partial charge >= 0.3 is 0 Å². The summed E-state index contributed by atoms with van der Waals surface area (Å²) in [5, 5.41) is 1.04. The number of hydrogen-bond acceptors (Lipinski definition) is 4. The highest BCUT2D eigenvalue weighted by Crippen LogP contribution is 2.32. The van der Waals surface area contributed by atoms with Crippen molar-refractivity contribution in [2.24, 2.45) is 17.1 Å². The van der Waals surface area contributed by atoms with E-state index in [9.17, 15) is 4.79 Å². The van der Waals surface area contributed by atoms with Crippen LogP contribution in [0, 0.1) is 18.3 Å². The molecule has 1 rings (SSSR count). The largest absolute Gasteiger partial charge is 0.341 e. The second-order valence-electron chi connectivity index (χ2n) is 6.77. The summed E-state index contributed by atoms with van der Waals surface area (Å²) in [7, 11) is 1.87. The molecule has 120 valence electrons. The van der Waals surface area contributed by atoms with Gasteiger partial charge in [0.25, 0.3) is 0 Å². The SMILES string of the molecule is Cc1ncc(CN(C)C(=O)CCC(CCN)C(C)(C)C)s1. The fourth-order valence-corrected chi connectivity index (χ4v) is 3.35. The van der Waals surface area contributed by atoms with Gasteiger partial charge < -0.3 is 10.6 Å². The summed E-state index contributed by atoms with van der Waals surface area (Å²) in [5.41, 5.74) is 5.90. The Morgan fingerprint density at radius 3 is 2.57 bits per heavy atom. The normalized spacial score (nSPS) is 13.2. The fraction of sp³-hybridized carbons (Fsp3) is 0.750. The van der Waals surface area contributed by atoms with Gasteiger partial charge in [-0.1, -0.05) is 20.8 Å².